The van der Waals surface area contributed by atoms with Gasteiger partial charge in [0.1, 0.15) is 11.6 Å². The maximum Gasteiger partial charge on any atom is 0.254 e. The van der Waals surface area contributed by atoms with Gasteiger partial charge in [-0.3, -0.25) is 4.79 Å². The molecule has 0 aliphatic rings. The molecule has 0 spiro atoms. The predicted octanol–water partition coefficient (Wildman–Crippen LogP) is 5.17. The van der Waals surface area contributed by atoms with Crippen LogP contribution < -0.4 is 5.32 Å². The zero-order valence-electron chi connectivity index (χ0n) is 15.9. The van der Waals surface area contributed by atoms with Crippen LogP contribution in [0.4, 0.5) is 4.39 Å². The van der Waals surface area contributed by atoms with Crippen molar-refractivity contribution in [2.75, 3.05) is 6.54 Å². The first-order valence-electron chi connectivity index (χ1n) is 9.12. The van der Waals surface area contributed by atoms with Gasteiger partial charge in [0.25, 0.3) is 5.91 Å². The van der Waals surface area contributed by atoms with Crippen molar-refractivity contribution < 1.29 is 9.18 Å². The predicted molar refractivity (Wildman–Crippen MR) is 119 cm³/mol. The Morgan fingerprint density at radius 1 is 1.23 bits per heavy atom. The highest BCUT2D eigenvalue weighted by molar-refractivity contribution is 7.98. The lowest BCUT2D eigenvalue weighted by Gasteiger charge is -2.09. The van der Waals surface area contributed by atoms with E-state index in [4.69, 9.17) is 23.2 Å². The summed E-state index contributed by atoms with van der Waals surface area (Å²) >= 11 is 13.7. The highest BCUT2D eigenvalue weighted by Crippen LogP contribution is 2.28. The number of rotatable bonds is 9. The van der Waals surface area contributed by atoms with Crippen LogP contribution in [0.15, 0.2) is 60.3 Å². The second kappa shape index (κ2) is 10.6. The van der Waals surface area contributed by atoms with Gasteiger partial charge in [0.2, 0.25) is 0 Å². The number of hydrogen-bond donors (Lipinski definition) is 1. The summed E-state index contributed by atoms with van der Waals surface area (Å²) in [5.41, 5.74) is 0.957. The van der Waals surface area contributed by atoms with E-state index in [1.54, 1.807) is 30.3 Å². The molecule has 3 aromatic rings. The fourth-order valence-electron chi connectivity index (χ4n) is 2.73. The summed E-state index contributed by atoms with van der Waals surface area (Å²) in [5.74, 6) is 0.294. The molecule has 2 aromatic carbocycles. The van der Waals surface area contributed by atoms with Crippen molar-refractivity contribution in [1.29, 1.82) is 0 Å². The van der Waals surface area contributed by atoms with Gasteiger partial charge in [-0.2, -0.15) is 0 Å². The van der Waals surface area contributed by atoms with E-state index in [9.17, 15) is 9.18 Å². The van der Waals surface area contributed by atoms with Gasteiger partial charge >= 0.3 is 0 Å². The van der Waals surface area contributed by atoms with Crippen molar-refractivity contribution in [3.8, 4) is 0 Å². The van der Waals surface area contributed by atoms with Crippen LogP contribution in [-0.2, 0) is 18.7 Å². The van der Waals surface area contributed by atoms with Crippen molar-refractivity contribution in [1.82, 2.24) is 20.1 Å². The standard InChI is InChI=1S/C21H19Cl2FN4OS/c1-2-11-28-19(9-10-25-20(29)16-5-3-4-6-18(16)24)26-27-21(28)30-13-14-7-8-15(22)12-17(14)23/h2-8,12H,1,9-11,13H2,(H,25,29). The number of halogens is 3. The SMILES string of the molecule is C=CCn1c(CCNC(=O)c2ccccc2F)nnc1SCc1ccc(Cl)cc1Cl. The number of thioether (sulfide) groups is 1. The molecule has 30 heavy (non-hydrogen) atoms. The summed E-state index contributed by atoms with van der Waals surface area (Å²) in [5, 5.41) is 13.1. The first-order chi connectivity index (χ1) is 14.5. The topological polar surface area (TPSA) is 59.8 Å². The van der Waals surface area contributed by atoms with E-state index in [-0.39, 0.29) is 5.56 Å². The van der Waals surface area contributed by atoms with Crippen LogP contribution in [0.25, 0.3) is 0 Å². The van der Waals surface area contributed by atoms with Crippen molar-refractivity contribution in [3.63, 3.8) is 0 Å². The molecule has 0 unspecified atom stereocenters. The molecule has 0 aliphatic heterocycles. The van der Waals surface area contributed by atoms with E-state index in [2.05, 4.69) is 22.1 Å². The zero-order chi connectivity index (χ0) is 21.5. The van der Waals surface area contributed by atoms with Gasteiger partial charge in [-0.1, -0.05) is 59.2 Å². The van der Waals surface area contributed by atoms with E-state index in [0.717, 1.165) is 10.7 Å². The number of aromatic nitrogens is 3. The Morgan fingerprint density at radius 2 is 2.03 bits per heavy atom. The lowest BCUT2D eigenvalue weighted by molar-refractivity contribution is 0.0950. The number of amides is 1. The Kier molecular flexibility index (Phi) is 7.90. The largest absolute Gasteiger partial charge is 0.351 e. The van der Waals surface area contributed by atoms with Gasteiger partial charge < -0.3 is 9.88 Å². The molecule has 1 amide bonds. The lowest BCUT2D eigenvalue weighted by Crippen LogP contribution is -2.27. The second-order valence-electron chi connectivity index (χ2n) is 6.31. The molecule has 5 nitrogen and oxygen atoms in total. The Balaban J connectivity index is 1.63. The second-order valence-corrected chi connectivity index (χ2v) is 8.09. The van der Waals surface area contributed by atoms with Crippen molar-refractivity contribution in [2.24, 2.45) is 0 Å². The molecule has 0 fully saturated rings. The van der Waals surface area contributed by atoms with E-state index >= 15 is 0 Å². The number of allylic oxidation sites excluding steroid dienone is 1. The first kappa shape index (κ1) is 22.3. The van der Waals surface area contributed by atoms with E-state index in [1.807, 2.05) is 10.6 Å². The molecule has 3 rings (SSSR count). The smallest absolute Gasteiger partial charge is 0.254 e. The minimum Gasteiger partial charge on any atom is -0.351 e. The number of benzene rings is 2. The molecule has 0 bridgehead atoms. The molecule has 0 aliphatic carbocycles. The fraction of sp³-hybridized carbons (Fsp3) is 0.190. The number of carbonyl (C=O) groups excluding carboxylic acids is 1. The number of nitrogens with one attached hydrogen (secondary N) is 1. The third kappa shape index (κ3) is 5.62. The minimum absolute atomic E-state index is 0.0150. The summed E-state index contributed by atoms with van der Waals surface area (Å²) in [6, 6.07) is 11.2. The quantitative estimate of drug-likeness (QED) is 0.350. The normalized spacial score (nSPS) is 10.8. The lowest BCUT2D eigenvalue weighted by atomic mass is 10.2. The summed E-state index contributed by atoms with van der Waals surface area (Å²) < 4.78 is 15.6. The molecule has 9 heteroatoms. The van der Waals surface area contributed by atoms with Crippen LogP contribution in [0.5, 0.6) is 0 Å². The maximum atomic E-state index is 13.7. The van der Waals surface area contributed by atoms with Crippen molar-refractivity contribution in [3.05, 3.63) is 87.9 Å². The average Bonchev–Trinajstić information content (AvgIpc) is 3.09. The third-order valence-electron chi connectivity index (χ3n) is 4.23. The Bertz CT molecular complexity index is 1060. The number of hydrogen-bond acceptors (Lipinski definition) is 4. The van der Waals surface area contributed by atoms with E-state index in [0.29, 0.717) is 41.1 Å². The zero-order valence-corrected chi connectivity index (χ0v) is 18.3. The molecule has 0 saturated heterocycles. The molecule has 1 aromatic heterocycles. The van der Waals surface area contributed by atoms with Crippen LogP contribution in [0.3, 0.4) is 0 Å². The fourth-order valence-corrected chi connectivity index (χ4v) is 4.26. The Morgan fingerprint density at radius 3 is 2.77 bits per heavy atom. The van der Waals surface area contributed by atoms with Crippen molar-refractivity contribution >= 4 is 40.9 Å². The molecule has 1 heterocycles. The van der Waals surface area contributed by atoms with Gasteiger partial charge in [-0.05, 0) is 29.8 Å². The minimum atomic E-state index is -0.552. The van der Waals surface area contributed by atoms with Gasteiger partial charge in [0.05, 0.1) is 5.56 Å². The van der Waals surface area contributed by atoms with Gasteiger partial charge in [-0.25, -0.2) is 4.39 Å². The highest BCUT2D eigenvalue weighted by atomic mass is 35.5. The number of nitrogens with zero attached hydrogens (tertiary/aromatic N) is 3. The summed E-state index contributed by atoms with van der Waals surface area (Å²) in [4.78, 5) is 12.2. The molecular weight excluding hydrogens is 446 g/mol. The molecule has 1 N–H and O–H groups in total. The van der Waals surface area contributed by atoms with Crippen LogP contribution in [0.2, 0.25) is 10.0 Å². The first-order valence-corrected chi connectivity index (χ1v) is 10.9. The van der Waals surface area contributed by atoms with Crippen LogP contribution in [0, 0.1) is 5.82 Å². The van der Waals surface area contributed by atoms with Crippen LogP contribution in [-0.4, -0.2) is 27.2 Å². The monoisotopic (exact) mass is 464 g/mol. The summed E-state index contributed by atoms with van der Waals surface area (Å²) in [6.45, 7) is 4.61. The van der Waals surface area contributed by atoms with Gasteiger partial charge in [0.15, 0.2) is 5.16 Å². The molecule has 0 atom stereocenters. The van der Waals surface area contributed by atoms with Crippen LogP contribution in [0.1, 0.15) is 21.7 Å². The average molecular weight is 465 g/mol. The van der Waals surface area contributed by atoms with E-state index in [1.165, 1.54) is 23.9 Å². The van der Waals surface area contributed by atoms with Gasteiger partial charge in [-0.15, -0.1) is 16.8 Å². The van der Waals surface area contributed by atoms with E-state index < -0.39 is 11.7 Å². The summed E-state index contributed by atoms with van der Waals surface area (Å²) in [7, 11) is 0. The summed E-state index contributed by atoms with van der Waals surface area (Å²) in [6.07, 6.45) is 2.20. The third-order valence-corrected chi connectivity index (χ3v) is 5.83. The van der Waals surface area contributed by atoms with Crippen molar-refractivity contribution in [2.45, 2.75) is 23.9 Å². The molecule has 0 saturated carbocycles. The van der Waals surface area contributed by atoms with Crippen LogP contribution >= 0.6 is 35.0 Å². The maximum absolute atomic E-state index is 13.7. The van der Waals surface area contributed by atoms with Gasteiger partial charge in [0, 0.05) is 35.3 Å². The highest BCUT2D eigenvalue weighted by Gasteiger charge is 2.14. The molecule has 0 radical (unpaired) electrons. The molecule has 156 valence electrons. The number of carbonyl (C=O) groups is 1. The Labute approximate surface area is 188 Å². The Hall–Kier alpha value is -2.35. The molecular formula is C21H19Cl2FN4OS.